The van der Waals surface area contributed by atoms with Crippen LogP contribution < -0.4 is 5.32 Å². The third-order valence-electron chi connectivity index (χ3n) is 5.31. The average molecular weight is 662 g/mol. The number of piperidine rings is 1. The third kappa shape index (κ3) is 21.3. The molecule has 0 bridgehead atoms. The number of ether oxygens (including phenoxy) is 1. The van der Waals surface area contributed by atoms with E-state index in [4.69, 9.17) is 46.8 Å². The number of rotatable bonds is 12. The summed E-state index contributed by atoms with van der Waals surface area (Å²) in [5.74, 6) is -4.18. The first-order valence-corrected chi connectivity index (χ1v) is 13.4. The van der Waals surface area contributed by atoms with Crippen LogP contribution in [0.5, 0.6) is 0 Å². The molecule has 1 aliphatic heterocycles. The summed E-state index contributed by atoms with van der Waals surface area (Å²) in [4.78, 5) is 68.8. The van der Waals surface area contributed by atoms with Gasteiger partial charge in [0.2, 0.25) is 5.95 Å². The molecule has 0 radical (unpaired) electrons. The van der Waals surface area contributed by atoms with E-state index in [2.05, 4.69) is 32.7 Å². The van der Waals surface area contributed by atoms with Crippen molar-refractivity contribution >= 4 is 52.9 Å². The van der Waals surface area contributed by atoms with Crippen molar-refractivity contribution in [3.05, 3.63) is 54.8 Å². The zero-order valence-corrected chi connectivity index (χ0v) is 25.1. The van der Waals surface area contributed by atoms with Crippen LogP contribution in [0.25, 0.3) is 11.2 Å². The Hall–Kier alpha value is -6.06. The Labute approximate surface area is 267 Å². The molecule has 1 aliphatic rings. The van der Waals surface area contributed by atoms with Crippen LogP contribution in [-0.4, -0.2) is 125 Å². The number of pyridine rings is 1. The van der Waals surface area contributed by atoms with E-state index >= 15 is 0 Å². The Balaban J connectivity index is 0.000000727. The van der Waals surface area contributed by atoms with Gasteiger partial charge in [0.25, 0.3) is 0 Å². The van der Waals surface area contributed by atoms with E-state index in [-0.39, 0.29) is 0 Å². The van der Waals surface area contributed by atoms with Gasteiger partial charge in [0.05, 0.1) is 13.2 Å². The van der Waals surface area contributed by atoms with Crippen molar-refractivity contribution in [3.8, 4) is 12.3 Å². The van der Waals surface area contributed by atoms with Crippen LogP contribution in [0.2, 0.25) is 0 Å². The first kappa shape index (κ1) is 40.9. The molecule has 254 valence electrons. The monoisotopic (exact) mass is 661 g/mol. The summed E-state index contributed by atoms with van der Waals surface area (Å²) in [6.45, 7) is 3.79. The number of hydrogen-bond donors (Lipinski definition) is 7. The third-order valence-corrected chi connectivity index (χ3v) is 5.31. The van der Waals surface area contributed by atoms with Gasteiger partial charge < -0.3 is 45.6 Å². The number of likely N-dealkylation sites (tertiary alicyclic amines) is 1. The van der Waals surface area contributed by atoms with Crippen LogP contribution >= 0.6 is 0 Å². The Bertz CT molecular complexity index is 1350. The summed E-state index contributed by atoms with van der Waals surface area (Å²) in [6, 6.07) is 4.35. The maximum absolute atomic E-state index is 9.55. The van der Waals surface area contributed by atoms with Gasteiger partial charge in [0.15, 0.2) is 5.65 Å². The summed E-state index contributed by atoms with van der Waals surface area (Å²) in [5, 5.41) is 50.5. The van der Waals surface area contributed by atoms with Gasteiger partial charge in [-0.15, -0.1) is 6.42 Å². The van der Waals surface area contributed by atoms with Gasteiger partial charge in [-0.05, 0) is 45.1 Å². The number of hydrogen-bond acceptors (Lipinski definition) is 11. The maximum atomic E-state index is 9.55. The highest BCUT2D eigenvalue weighted by atomic mass is 16.5. The van der Waals surface area contributed by atoms with Crippen LogP contribution in [-0.2, 0) is 40.0 Å². The number of nitrogens with one attached hydrogen (secondary N) is 1. The summed E-state index contributed by atoms with van der Waals surface area (Å²) >= 11 is 0. The largest absolute Gasteiger partial charge is 0.478 e. The van der Waals surface area contributed by atoms with Crippen molar-refractivity contribution in [1.82, 2.24) is 19.4 Å². The SMILES string of the molecule is C#CCOCCn1c(NC2CCN(C)CC2)nc2cccnc21.O=C(O)C=CC(=O)O.O=C(O)C=CC(=O)O.O=C(O)C=CC(=O)O. The lowest BCUT2D eigenvalue weighted by atomic mass is 10.1. The molecule has 2 aromatic heterocycles. The molecule has 0 unspecified atom stereocenters. The molecule has 3 rings (SSSR count). The molecular weight excluding hydrogens is 626 g/mol. The van der Waals surface area contributed by atoms with Crippen molar-refractivity contribution < 1.29 is 64.1 Å². The van der Waals surface area contributed by atoms with Crippen molar-refractivity contribution in [2.24, 2.45) is 0 Å². The molecule has 1 fully saturated rings. The lowest BCUT2D eigenvalue weighted by Gasteiger charge is -2.29. The van der Waals surface area contributed by atoms with Crippen LogP contribution in [0.3, 0.4) is 0 Å². The van der Waals surface area contributed by atoms with Crippen LogP contribution in [0.15, 0.2) is 54.8 Å². The number of carboxylic acids is 6. The Morgan fingerprint density at radius 1 is 0.872 bits per heavy atom. The number of carbonyl (C=O) groups is 6. The van der Waals surface area contributed by atoms with Crippen molar-refractivity contribution in [2.75, 3.05) is 38.7 Å². The minimum Gasteiger partial charge on any atom is -0.478 e. The van der Waals surface area contributed by atoms with Crippen molar-refractivity contribution in [2.45, 2.75) is 25.4 Å². The number of anilines is 1. The highest BCUT2D eigenvalue weighted by Gasteiger charge is 2.19. The van der Waals surface area contributed by atoms with Gasteiger partial charge in [-0.1, -0.05) is 5.92 Å². The molecule has 18 heteroatoms. The number of carboxylic acid groups (broad SMARTS) is 6. The zero-order chi connectivity index (χ0) is 35.8. The summed E-state index contributed by atoms with van der Waals surface area (Å²) in [5.41, 5.74) is 1.78. The lowest BCUT2D eigenvalue weighted by Crippen LogP contribution is -2.37. The van der Waals surface area contributed by atoms with E-state index in [1.54, 1.807) is 6.20 Å². The quantitative estimate of drug-likeness (QED) is 0.0937. The van der Waals surface area contributed by atoms with E-state index in [0.717, 1.165) is 43.0 Å². The molecule has 0 aromatic carbocycles. The minimum atomic E-state index is -1.26. The highest BCUT2D eigenvalue weighted by Crippen LogP contribution is 2.20. The second kappa shape index (κ2) is 23.3. The highest BCUT2D eigenvalue weighted by molar-refractivity contribution is 5.90. The molecule has 7 N–H and O–H groups in total. The second-order valence-corrected chi connectivity index (χ2v) is 8.94. The fraction of sp³-hybridized carbons (Fsp3) is 0.310. The molecule has 0 spiro atoms. The second-order valence-electron chi connectivity index (χ2n) is 8.94. The smallest absolute Gasteiger partial charge is 0.328 e. The van der Waals surface area contributed by atoms with Gasteiger partial charge in [0, 0.05) is 48.7 Å². The van der Waals surface area contributed by atoms with E-state index in [1.807, 2.05) is 12.1 Å². The number of imidazole rings is 1. The topological polar surface area (TPSA) is 279 Å². The Kier molecular flexibility index (Phi) is 20.3. The summed E-state index contributed by atoms with van der Waals surface area (Å²) < 4.78 is 7.50. The van der Waals surface area contributed by atoms with Gasteiger partial charge in [-0.2, -0.15) is 0 Å². The fourth-order valence-electron chi connectivity index (χ4n) is 3.33. The van der Waals surface area contributed by atoms with E-state index in [9.17, 15) is 28.8 Å². The minimum absolute atomic E-state index is 0.331. The molecule has 47 heavy (non-hydrogen) atoms. The van der Waals surface area contributed by atoms with E-state index in [0.29, 0.717) is 62.3 Å². The Morgan fingerprint density at radius 3 is 1.72 bits per heavy atom. The molecule has 18 nitrogen and oxygen atoms in total. The number of aromatic nitrogens is 3. The average Bonchev–Trinajstić information content (AvgIpc) is 3.35. The van der Waals surface area contributed by atoms with Crippen molar-refractivity contribution in [3.63, 3.8) is 0 Å². The van der Waals surface area contributed by atoms with Gasteiger partial charge in [0.1, 0.15) is 12.1 Å². The number of terminal acetylenes is 1. The molecular formula is C29H35N5O13. The molecule has 1 saturated heterocycles. The summed E-state index contributed by atoms with van der Waals surface area (Å²) in [6.07, 6.45) is 12.6. The number of aliphatic carboxylic acids is 6. The molecule has 0 aliphatic carbocycles. The lowest BCUT2D eigenvalue weighted by molar-refractivity contribution is -0.134. The fourth-order valence-corrected chi connectivity index (χ4v) is 3.33. The first-order valence-electron chi connectivity index (χ1n) is 13.4. The normalized spacial score (nSPS) is 12.9. The number of nitrogens with zero attached hydrogens (tertiary/aromatic N) is 4. The van der Waals surface area contributed by atoms with Crippen LogP contribution in [0.1, 0.15) is 12.8 Å². The van der Waals surface area contributed by atoms with Crippen LogP contribution in [0, 0.1) is 12.3 Å². The van der Waals surface area contributed by atoms with Crippen LogP contribution in [0.4, 0.5) is 5.95 Å². The molecule has 0 amide bonds. The van der Waals surface area contributed by atoms with Gasteiger partial charge in [-0.25, -0.2) is 38.7 Å². The summed E-state index contributed by atoms with van der Waals surface area (Å²) in [7, 11) is 2.16. The zero-order valence-electron chi connectivity index (χ0n) is 25.1. The predicted octanol–water partition coefficient (Wildman–Crippen LogP) is 0.723. The maximum Gasteiger partial charge on any atom is 0.328 e. The Morgan fingerprint density at radius 2 is 1.32 bits per heavy atom. The molecule has 3 heterocycles. The molecule has 0 saturated carbocycles. The van der Waals surface area contributed by atoms with Gasteiger partial charge in [-0.3, -0.25) is 4.57 Å². The molecule has 2 aromatic rings. The first-order chi connectivity index (χ1) is 22.2. The predicted molar refractivity (Wildman–Crippen MR) is 165 cm³/mol. The van der Waals surface area contributed by atoms with E-state index in [1.165, 1.54) is 0 Å². The molecule has 0 atom stereocenters. The standard InChI is InChI=1S/C17H23N5O.3C4H4O4/c1-3-12-23-13-11-22-16-15(5-4-8-18-16)20-17(22)19-14-6-9-21(2)10-7-14;3*5-3(6)1-2-4(7)8/h1,4-5,8,14H,6-7,9-13H2,2H3,(H,19,20);3*1-2H,(H,5,6)(H,7,8). The van der Waals surface area contributed by atoms with E-state index < -0.39 is 35.8 Å². The van der Waals surface area contributed by atoms with Crippen molar-refractivity contribution in [1.29, 1.82) is 0 Å². The number of fused-ring (bicyclic) bond motifs is 1. The van der Waals surface area contributed by atoms with Gasteiger partial charge >= 0.3 is 35.8 Å².